The summed E-state index contributed by atoms with van der Waals surface area (Å²) in [6.07, 6.45) is 0.529. The summed E-state index contributed by atoms with van der Waals surface area (Å²) in [6, 6.07) is -0.204. The van der Waals surface area contributed by atoms with Crippen molar-refractivity contribution in [3.05, 3.63) is 5.73 Å². The van der Waals surface area contributed by atoms with E-state index >= 15 is 0 Å². The third-order valence-electron chi connectivity index (χ3n) is 1.54. The van der Waals surface area contributed by atoms with Crippen LogP contribution in [0.5, 0.6) is 0 Å². The Morgan fingerprint density at radius 2 is 1.69 bits per heavy atom. The molecule has 0 rings (SSSR count). The fourth-order valence-corrected chi connectivity index (χ4v) is 0.820. The van der Waals surface area contributed by atoms with Crippen LogP contribution in [-0.2, 0) is 103 Å². The molecular weight excluding hydrogens is 395 g/mol. The van der Waals surface area contributed by atoms with E-state index in [4.69, 9.17) is 5.73 Å². The van der Waals surface area contributed by atoms with Crippen molar-refractivity contribution in [2.24, 2.45) is 0 Å². The normalized spacial score (nSPS) is 10.5. The number of carbonyl (C=O) groups excluding carboxylic acids is 1. The molecule has 0 aromatic carbocycles. The molecule has 1 atom stereocenters. The number of Topliss-reactive ketones (excluding diaryl/α,β-unsaturated/α-hetero) is 1. The number of ketones is 1. The number of nitrogens with one attached hydrogen (secondary N) is 1. The molecule has 3 nitrogen and oxygen atoms in total. The molecular formula is C7H15N2OY3-. The monoisotopic (exact) mass is 410 g/mol. The summed E-state index contributed by atoms with van der Waals surface area (Å²) in [5.41, 5.74) is 7.06. The maximum Gasteiger partial charge on any atom is 0.147 e. The molecule has 0 heterocycles. The van der Waals surface area contributed by atoms with Gasteiger partial charge in [-0.15, -0.1) is 6.54 Å². The zero-order valence-electron chi connectivity index (χ0n) is 8.58. The minimum Gasteiger partial charge on any atom is -0.676 e. The number of nitrogens with zero attached hydrogens (tertiary/aromatic N) is 1. The first kappa shape index (κ1) is 24.9. The van der Waals surface area contributed by atoms with Crippen LogP contribution in [0.25, 0.3) is 5.73 Å². The Labute approximate surface area is 156 Å². The van der Waals surface area contributed by atoms with E-state index in [1.165, 1.54) is 0 Å². The van der Waals surface area contributed by atoms with E-state index in [9.17, 15) is 4.79 Å². The first-order chi connectivity index (χ1) is 4.63. The predicted octanol–water partition coefficient (Wildman–Crippen LogP) is 0.940. The quantitative estimate of drug-likeness (QED) is 0.693. The van der Waals surface area contributed by atoms with Gasteiger partial charge in [0.15, 0.2) is 0 Å². The van der Waals surface area contributed by atoms with Crippen LogP contribution in [0, 0.1) is 0 Å². The Morgan fingerprint density at radius 3 is 1.77 bits per heavy atom. The topological polar surface area (TPSA) is 44.1 Å². The van der Waals surface area contributed by atoms with Gasteiger partial charge in [-0.3, -0.25) is 4.79 Å². The van der Waals surface area contributed by atoms with Gasteiger partial charge < -0.3 is 10.6 Å². The molecule has 0 bridgehead atoms. The number of carbonyl (C=O) groups is 1. The molecule has 0 saturated carbocycles. The molecule has 0 fully saturated rings. The standard InChI is InChI=1S/C7H15N2O.3Y/c1-4-7(10)6(5-8)9(2)3;;;/h6,8H,4-5H2,1-3H3;;;/q-1;;;. The van der Waals surface area contributed by atoms with Crippen molar-refractivity contribution in [1.82, 2.24) is 4.90 Å². The molecule has 0 aromatic rings. The number of hydrogen-bond donors (Lipinski definition) is 0. The van der Waals surface area contributed by atoms with Gasteiger partial charge in [0.05, 0.1) is 0 Å². The third kappa shape index (κ3) is 11.2. The van der Waals surface area contributed by atoms with E-state index in [1.807, 2.05) is 21.0 Å². The van der Waals surface area contributed by atoms with Crippen LogP contribution in [0.1, 0.15) is 13.3 Å². The SMILES string of the molecule is CCC(=O)C(C[NH-])N(C)C.[Y].[Y].[Y]. The average Bonchev–Trinajstić information content (AvgIpc) is 1.88. The van der Waals surface area contributed by atoms with E-state index in [-0.39, 0.29) is 116 Å². The fraction of sp³-hybridized carbons (Fsp3) is 0.857. The van der Waals surface area contributed by atoms with Crippen molar-refractivity contribution >= 4 is 5.78 Å². The molecule has 0 aromatic heterocycles. The molecule has 0 amide bonds. The first-order valence-electron chi connectivity index (χ1n) is 3.47. The van der Waals surface area contributed by atoms with E-state index in [0.717, 1.165) is 0 Å². The van der Waals surface area contributed by atoms with Crippen molar-refractivity contribution < 1.29 is 103 Å². The molecule has 6 heteroatoms. The molecule has 0 spiro atoms. The van der Waals surface area contributed by atoms with Crippen molar-refractivity contribution in [2.75, 3.05) is 20.6 Å². The molecule has 13 heavy (non-hydrogen) atoms. The van der Waals surface area contributed by atoms with Gasteiger partial charge in [0.2, 0.25) is 0 Å². The van der Waals surface area contributed by atoms with Crippen molar-refractivity contribution in [1.29, 1.82) is 0 Å². The molecule has 0 aliphatic rings. The number of hydrogen-bond acceptors (Lipinski definition) is 2. The first-order valence-corrected chi connectivity index (χ1v) is 3.47. The van der Waals surface area contributed by atoms with Crippen molar-refractivity contribution in [2.45, 2.75) is 19.4 Å². The van der Waals surface area contributed by atoms with E-state index < -0.39 is 0 Å². The van der Waals surface area contributed by atoms with Gasteiger partial charge in [-0.25, -0.2) is 0 Å². The minimum atomic E-state index is -0.204. The Bertz CT molecular complexity index is 122. The second-order valence-electron chi connectivity index (χ2n) is 2.50. The second kappa shape index (κ2) is 14.9. The van der Waals surface area contributed by atoms with E-state index in [1.54, 1.807) is 4.90 Å². The van der Waals surface area contributed by atoms with E-state index in [0.29, 0.717) is 6.42 Å². The van der Waals surface area contributed by atoms with Gasteiger partial charge in [-0.2, -0.15) is 0 Å². The Morgan fingerprint density at radius 1 is 1.31 bits per heavy atom. The smallest absolute Gasteiger partial charge is 0.147 e. The summed E-state index contributed by atoms with van der Waals surface area (Å²) < 4.78 is 0. The van der Waals surface area contributed by atoms with Crippen LogP contribution in [0.15, 0.2) is 0 Å². The van der Waals surface area contributed by atoms with Gasteiger partial charge >= 0.3 is 0 Å². The summed E-state index contributed by atoms with van der Waals surface area (Å²) in [6.45, 7) is 1.99. The molecule has 1 N–H and O–H groups in total. The summed E-state index contributed by atoms with van der Waals surface area (Å²) in [4.78, 5) is 12.8. The Kier molecular flexibility index (Phi) is 28.6. The largest absolute Gasteiger partial charge is 0.676 e. The average molecular weight is 410 g/mol. The number of likely N-dealkylation sites (N-methyl/N-ethyl adjacent to an activating group) is 1. The predicted molar refractivity (Wildman–Crippen MR) is 42.0 cm³/mol. The second-order valence-corrected chi connectivity index (χ2v) is 2.50. The molecule has 0 aliphatic heterocycles. The minimum absolute atomic E-state index is 0. The van der Waals surface area contributed by atoms with Crippen LogP contribution in [-0.4, -0.2) is 37.4 Å². The summed E-state index contributed by atoms with van der Waals surface area (Å²) in [7, 11) is 3.65. The molecule has 0 aliphatic carbocycles. The summed E-state index contributed by atoms with van der Waals surface area (Å²) >= 11 is 0. The summed E-state index contributed by atoms with van der Waals surface area (Å²) in [5.74, 6) is 0.153. The van der Waals surface area contributed by atoms with Gasteiger partial charge in [-0.05, 0) is 14.1 Å². The van der Waals surface area contributed by atoms with Crippen molar-refractivity contribution in [3.8, 4) is 0 Å². The third-order valence-corrected chi connectivity index (χ3v) is 1.54. The number of rotatable bonds is 4. The maximum absolute atomic E-state index is 11.0. The Hall–Kier alpha value is 2.90. The fourth-order valence-electron chi connectivity index (χ4n) is 0.820. The van der Waals surface area contributed by atoms with Crippen molar-refractivity contribution in [3.63, 3.8) is 0 Å². The summed E-state index contributed by atoms with van der Waals surface area (Å²) in [5, 5.41) is 0. The van der Waals surface area contributed by atoms with Crippen LogP contribution in [0.2, 0.25) is 0 Å². The van der Waals surface area contributed by atoms with Crippen LogP contribution >= 0.6 is 0 Å². The van der Waals surface area contributed by atoms with Gasteiger partial charge in [0.1, 0.15) is 5.78 Å². The Balaban J connectivity index is -0.000000135. The van der Waals surface area contributed by atoms with Gasteiger partial charge in [0, 0.05) is 111 Å². The maximum atomic E-state index is 11.0. The van der Waals surface area contributed by atoms with Crippen LogP contribution in [0.3, 0.4) is 0 Å². The molecule has 69 valence electrons. The molecule has 1 unspecified atom stereocenters. The van der Waals surface area contributed by atoms with E-state index in [2.05, 4.69) is 0 Å². The molecule has 3 radical (unpaired) electrons. The molecule has 0 saturated heterocycles. The van der Waals surface area contributed by atoms with Crippen LogP contribution < -0.4 is 0 Å². The zero-order valence-corrected chi connectivity index (χ0v) is 17.1. The van der Waals surface area contributed by atoms with Gasteiger partial charge in [-0.1, -0.05) is 6.92 Å². The van der Waals surface area contributed by atoms with Crippen LogP contribution in [0.4, 0.5) is 0 Å². The van der Waals surface area contributed by atoms with Gasteiger partial charge in [0.25, 0.3) is 0 Å². The zero-order chi connectivity index (χ0) is 8.15.